The zero-order valence-electron chi connectivity index (χ0n) is 15.1. The highest BCUT2D eigenvalue weighted by molar-refractivity contribution is 5.77. The van der Waals surface area contributed by atoms with Gasteiger partial charge < -0.3 is 10.6 Å². The number of nitrogens with zero attached hydrogens (tertiary/aromatic N) is 1. The Balaban J connectivity index is 1.82. The van der Waals surface area contributed by atoms with Crippen LogP contribution in [-0.2, 0) is 30.5 Å². The summed E-state index contributed by atoms with van der Waals surface area (Å²) in [6.07, 6.45) is -3.43. The van der Waals surface area contributed by atoms with E-state index in [9.17, 15) is 18.0 Å². The van der Waals surface area contributed by atoms with Gasteiger partial charge in [-0.2, -0.15) is 13.2 Å². The average Bonchev–Trinajstić information content (AvgIpc) is 3.11. The summed E-state index contributed by atoms with van der Waals surface area (Å²) in [5.41, 5.74) is 3.19. The lowest BCUT2D eigenvalue weighted by Crippen LogP contribution is -2.35. The third kappa shape index (κ3) is 4.80. The molecule has 0 spiro atoms. The van der Waals surface area contributed by atoms with Crippen molar-refractivity contribution in [3.63, 3.8) is 0 Å². The number of rotatable bonds is 6. The maximum Gasteiger partial charge on any atom is 0.416 e. The smallest absolute Gasteiger partial charge is 0.384 e. The van der Waals surface area contributed by atoms with Crippen LogP contribution in [-0.4, -0.2) is 30.9 Å². The van der Waals surface area contributed by atoms with Gasteiger partial charge in [0.05, 0.1) is 12.1 Å². The number of benzene rings is 2. The number of likely N-dealkylation sites (N-methyl/N-ethyl adjacent to an activating group) is 1. The van der Waals surface area contributed by atoms with Gasteiger partial charge in [-0.15, -0.1) is 0 Å². The van der Waals surface area contributed by atoms with Crippen molar-refractivity contribution in [1.29, 1.82) is 0 Å². The van der Waals surface area contributed by atoms with E-state index in [0.717, 1.165) is 36.3 Å². The number of carbonyl (C=O) groups is 1. The molecule has 27 heavy (non-hydrogen) atoms. The largest absolute Gasteiger partial charge is 0.416 e. The molecule has 0 unspecified atom stereocenters. The fourth-order valence-electron chi connectivity index (χ4n) is 3.34. The molecule has 0 saturated carbocycles. The zero-order valence-corrected chi connectivity index (χ0v) is 15.1. The van der Waals surface area contributed by atoms with Crippen molar-refractivity contribution >= 4 is 11.6 Å². The van der Waals surface area contributed by atoms with Crippen LogP contribution >= 0.6 is 0 Å². The SMILES string of the molecule is CNC(=O)CN(Cc1cccc(C(F)(F)F)c1)Cc1cccc2c1NCC2. The van der Waals surface area contributed by atoms with Crippen LogP contribution in [0.2, 0.25) is 0 Å². The lowest BCUT2D eigenvalue weighted by atomic mass is 10.1. The van der Waals surface area contributed by atoms with Gasteiger partial charge in [-0.1, -0.05) is 36.4 Å². The Labute approximate surface area is 156 Å². The number of nitrogens with one attached hydrogen (secondary N) is 2. The molecule has 0 bridgehead atoms. The Hall–Kier alpha value is -2.54. The lowest BCUT2D eigenvalue weighted by Gasteiger charge is -2.23. The van der Waals surface area contributed by atoms with E-state index < -0.39 is 11.7 Å². The van der Waals surface area contributed by atoms with Crippen molar-refractivity contribution in [3.8, 4) is 0 Å². The Bertz CT molecular complexity index is 820. The first-order chi connectivity index (χ1) is 12.9. The fourth-order valence-corrected chi connectivity index (χ4v) is 3.34. The molecule has 7 heteroatoms. The summed E-state index contributed by atoms with van der Waals surface area (Å²) < 4.78 is 38.9. The van der Waals surface area contributed by atoms with Crippen molar-refractivity contribution < 1.29 is 18.0 Å². The average molecular weight is 377 g/mol. The molecule has 0 aliphatic carbocycles. The monoisotopic (exact) mass is 377 g/mol. The molecule has 0 atom stereocenters. The molecule has 2 aromatic rings. The molecule has 1 heterocycles. The first-order valence-electron chi connectivity index (χ1n) is 8.80. The van der Waals surface area contributed by atoms with Crippen LogP contribution in [0.1, 0.15) is 22.3 Å². The number of anilines is 1. The van der Waals surface area contributed by atoms with Gasteiger partial charge in [-0.05, 0) is 29.2 Å². The number of carbonyl (C=O) groups excluding carboxylic acids is 1. The van der Waals surface area contributed by atoms with Crippen LogP contribution < -0.4 is 10.6 Å². The van der Waals surface area contributed by atoms with E-state index in [-0.39, 0.29) is 19.0 Å². The molecular formula is C20H22F3N3O. The van der Waals surface area contributed by atoms with Gasteiger partial charge in [0.15, 0.2) is 0 Å². The molecule has 2 aromatic carbocycles. The van der Waals surface area contributed by atoms with Crippen LogP contribution in [0.5, 0.6) is 0 Å². The normalized spacial score (nSPS) is 13.4. The van der Waals surface area contributed by atoms with Gasteiger partial charge in [0.25, 0.3) is 0 Å². The molecular weight excluding hydrogens is 355 g/mol. The topological polar surface area (TPSA) is 44.4 Å². The van der Waals surface area contributed by atoms with Gasteiger partial charge >= 0.3 is 6.18 Å². The molecule has 0 radical (unpaired) electrons. The molecule has 3 rings (SSSR count). The molecule has 144 valence electrons. The van der Waals surface area contributed by atoms with Crippen LogP contribution in [0, 0.1) is 0 Å². The standard InChI is InChI=1S/C20H22F3N3O/c1-24-18(27)13-26(11-14-4-2-7-17(10-14)20(21,22)23)12-16-6-3-5-15-8-9-25-19(15)16/h2-7,10,25H,8-9,11-13H2,1H3,(H,24,27). The number of para-hydroxylation sites is 1. The highest BCUT2D eigenvalue weighted by atomic mass is 19.4. The predicted molar refractivity (Wildman–Crippen MR) is 98.3 cm³/mol. The Morgan fingerprint density at radius 2 is 1.96 bits per heavy atom. The van der Waals surface area contributed by atoms with Crippen LogP contribution in [0.25, 0.3) is 0 Å². The zero-order chi connectivity index (χ0) is 19.4. The second-order valence-electron chi connectivity index (χ2n) is 6.64. The fraction of sp³-hybridized carbons (Fsp3) is 0.350. The third-order valence-electron chi connectivity index (χ3n) is 4.63. The van der Waals surface area contributed by atoms with E-state index in [2.05, 4.69) is 16.7 Å². The van der Waals surface area contributed by atoms with Crippen LogP contribution in [0.15, 0.2) is 42.5 Å². The predicted octanol–water partition coefficient (Wildman–Crippen LogP) is 3.42. The van der Waals surface area contributed by atoms with Crippen LogP contribution in [0.4, 0.5) is 18.9 Å². The van der Waals surface area contributed by atoms with E-state index in [1.165, 1.54) is 11.6 Å². The lowest BCUT2D eigenvalue weighted by molar-refractivity contribution is -0.137. The highest BCUT2D eigenvalue weighted by Gasteiger charge is 2.30. The van der Waals surface area contributed by atoms with Gasteiger partial charge in [-0.3, -0.25) is 9.69 Å². The molecule has 1 amide bonds. The molecule has 0 saturated heterocycles. The minimum Gasteiger partial charge on any atom is -0.384 e. The minimum absolute atomic E-state index is 0.108. The summed E-state index contributed by atoms with van der Waals surface area (Å²) in [4.78, 5) is 13.8. The summed E-state index contributed by atoms with van der Waals surface area (Å²) in [6, 6.07) is 11.3. The van der Waals surface area contributed by atoms with Gasteiger partial charge in [0, 0.05) is 32.4 Å². The van der Waals surface area contributed by atoms with Crippen molar-refractivity contribution in [2.75, 3.05) is 25.5 Å². The van der Waals surface area contributed by atoms with E-state index in [1.54, 1.807) is 13.1 Å². The first-order valence-corrected chi connectivity index (χ1v) is 8.80. The summed E-state index contributed by atoms with van der Waals surface area (Å²) in [5.74, 6) is -0.178. The van der Waals surface area contributed by atoms with E-state index >= 15 is 0 Å². The number of fused-ring (bicyclic) bond motifs is 1. The number of amides is 1. The minimum atomic E-state index is -4.38. The van der Waals surface area contributed by atoms with Gasteiger partial charge in [0.1, 0.15) is 0 Å². The Morgan fingerprint density at radius 3 is 2.70 bits per heavy atom. The van der Waals surface area contributed by atoms with Crippen molar-refractivity contribution in [3.05, 3.63) is 64.7 Å². The molecule has 2 N–H and O–H groups in total. The molecule has 0 fully saturated rings. The molecule has 0 aromatic heterocycles. The van der Waals surface area contributed by atoms with Crippen molar-refractivity contribution in [2.24, 2.45) is 0 Å². The molecule has 4 nitrogen and oxygen atoms in total. The highest BCUT2D eigenvalue weighted by Crippen LogP contribution is 2.30. The number of alkyl halides is 3. The number of hydrogen-bond donors (Lipinski definition) is 2. The second kappa shape index (κ2) is 8.00. The summed E-state index contributed by atoms with van der Waals surface area (Å²) in [7, 11) is 1.55. The molecule has 1 aliphatic heterocycles. The summed E-state index contributed by atoms with van der Waals surface area (Å²) >= 11 is 0. The maximum atomic E-state index is 13.0. The van der Waals surface area contributed by atoms with Gasteiger partial charge in [0.2, 0.25) is 5.91 Å². The first kappa shape index (κ1) is 19.2. The van der Waals surface area contributed by atoms with Gasteiger partial charge in [-0.25, -0.2) is 0 Å². The summed E-state index contributed by atoms with van der Waals surface area (Å²) in [5, 5.41) is 5.94. The Kier molecular flexibility index (Phi) is 5.70. The van der Waals surface area contributed by atoms with E-state index in [4.69, 9.17) is 0 Å². The van der Waals surface area contributed by atoms with Crippen molar-refractivity contribution in [2.45, 2.75) is 25.7 Å². The van der Waals surface area contributed by atoms with Crippen LogP contribution in [0.3, 0.4) is 0 Å². The Morgan fingerprint density at radius 1 is 1.19 bits per heavy atom. The van der Waals surface area contributed by atoms with Crippen molar-refractivity contribution in [1.82, 2.24) is 10.2 Å². The number of hydrogen-bond acceptors (Lipinski definition) is 3. The second-order valence-corrected chi connectivity index (χ2v) is 6.64. The molecule has 1 aliphatic rings. The summed E-state index contributed by atoms with van der Waals surface area (Å²) in [6.45, 7) is 1.70. The third-order valence-corrected chi connectivity index (χ3v) is 4.63. The van der Waals surface area contributed by atoms with E-state index in [0.29, 0.717) is 12.1 Å². The quantitative estimate of drug-likeness (QED) is 0.811. The number of halogens is 3. The maximum absolute atomic E-state index is 13.0. The van der Waals surface area contributed by atoms with E-state index in [1.807, 2.05) is 17.0 Å².